The fourth-order valence-corrected chi connectivity index (χ4v) is 1.91. The van der Waals surface area contributed by atoms with E-state index in [2.05, 4.69) is 20.3 Å². The zero-order valence-corrected chi connectivity index (χ0v) is 11.2. The molecule has 3 aromatic rings. The van der Waals surface area contributed by atoms with Crippen molar-refractivity contribution < 1.29 is 4.74 Å². The Morgan fingerprint density at radius 2 is 2.00 bits per heavy atom. The van der Waals surface area contributed by atoms with E-state index < -0.39 is 0 Å². The van der Waals surface area contributed by atoms with Gasteiger partial charge in [-0.2, -0.15) is 0 Å². The first-order valence-electron chi connectivity index (χ1n) is 6.57. The second-order valence-electron chi connectivity index (χ2n) is 4.31. The number of aromatic nitrogens is 5. The number of rotatable bonds is 5. The van der Waals surface area contributed by atoms with Crippen LogP contribution < -0.4 is 0 Å². The summed E-state index contributed by atoms with van der Waals surface area (Å²) in [4.78, 5) is 8.92. The van der Waals surface area contributed by atoms with Gasteiger partial charge in [-0.3, -0.25) is 4.98 Å². The van der Waals surface area contributed by atoms with E-state index in [1.54, 1.807) is 10.9 Å². The summed E-state index contributed by atoms with van der Waals surface area (Å²) in [5.41, 5.74) is 3.18. The van der Waals surface area contributed by atoms with Crippen LogP contribution in [0, 0.1) is 0 Å². The van der Waals surface area contributed by atoms with Crippen LogP contribution in [-0.2, 0) is 11.3 Å². The lowest BCUT2D eigenvalue weighted by molar-refractivity contribution is 0.136. The maximum atomic E-state index is 5.29. The predicted octanol–water partition coefficient (Wildman–Crippen LogP) is 1.92. The molecule has 0 atom stereocenters. The molecule has 0 radical (unpaired) electrons. The Morgan fingerprint density at radius 1 is 1.15 bits per heavy atom. The van der Waals surface area contributed by atoms with E-state index in [0.717, 1.165) is 22.4 Å². The van der Waals surface area contributed by atoms with E-state index in [4.69, 9.17) is 4.74 Å². The topological polar surface area (TPSA) is 65.7 Å². The first-order chi connectivity index (χ1) is 9.86. The van der Waals surface area contributed by atoms with Crippen molar-refractivity contribution in [2.24, 2.45) is 0 Å². The van der Waals surface area contributed by atoms with Gasteiger partial charge in [0.25, 0.3) is 0 Å². The lowest BCUT2D eigenvalue weighted by atomic mass is 10.3. The highest BCUT2D eigenvalue weighted by atomic mass is 16.5. The molecule has 6 heteroatoms. The van der Waals surface area contributed by atoms with Gasteiger partial charge in [0.15, 0.2) is 0 Å². The largest absolute Gasteiger partial charge is 0.380 e. The Balaban J connectivity index is 1.83. The maximum Gasteiger partial charge on any atom is 0.133 e. The molecular weight excluding hydrogens is 254 g/mol. The standard InChI is InChI=1S/C14H15N5O/c1-2-20-8-7-19-10-14(17-18-19)13-9-15-11-5-3-4-6-12(11)16-13/h3-6,9-10H,2,7-8H2,1H3. The Hall–Kier alpha value is -2.34. The normalized spacial score (nSPS) is 11.1. The van der Waals surface area contributed by atoms with Gasteiger partial charge in [0.05, 0.1) is 36.6 Å². The molecule has 1 aromatic carbocycles. The molecule has 0 N–H and O–H groups in total. The van der Waals surface area contributed by atoms with Crippen molar-refractivity contribution in [3.05, 3.63) is 36.7 Å². The fourth-order valence-electron chi connectivity index (χ4n) is 1.91. The van der Waals surface area contributed by atoms with Gasteiger partial charge in [-0.1, -0.05) is 17.3 Å². The third-order valence-corrected chi connectivity index (χ3v) is 2.92. The second-order valence-corrected chi connectivity index (χ2v) is 4.31. The molecule has 0 aliphatic heterocycles. The van der Waals surface area contributed by atoms with E-state index in [1.165, 1.54) is 0 Å². The van der Waals surface area contributed by atoms with Gasteiger partial charge in [-0.15, -0.1) is 5.10 Å². The van der Waals surface area contributed by atoms with Crippen molar-refractivity contribution >= 4 is 11.0 Å². The van der Waals surface area contributed by atoms with Crippen molar-refractivity contribution in [2.45, 2.75) is 13.5 Å². The summed E-state index contributed by atoms with van der Waals surface area (Å²) in [6.07, 6.45) is 3.58. The number of benzene rings is 1. The fraction of sp³-hybridized carbons (Fsp3) is 0.286. The molecule has 20 heavy (non-hydrogen) atoms. The van der Waals surface area contributed by atoms with Crippen molar-refractivity contribution in [1.82, 2.24) is 25.0 Å². The number of hydrogen-bond donors (Lipinski definition) is 0. The smallest absolute Gasteiger partial charge is 0.133 e. The van der Waals surface area contributed by atoms with Crippen LogP contribution in [0.25, 0.3) is 22.4 Å². The quantitative estimate of drug-likeness (QED) is 0.662. The van der Waals surface area contributed by atoms with Gasteiger partial charge in [-0.25, -0.2) is 9.67 Å². The van der Waals surface area contributed by atoms with Gasteiger partial charge in [0.1, 0.15) is 11.4 Å². The lowest BCUT2D eigenvalue weighted by Crippen LogP contribution is -2.06. The minimum absolute atomic E-state index is 0.628. The molecule has 0 unspecified atom stereocenters. The molecule has 0 fully saturated rings. The molecule has 0 amide bonds. The monoisotopic (exact) mass is 269 g/mol. The number of para-hydroxylation sites is 2. The van der Waals surface area contributed by atoms with Gasteiger partial charge >= 0.3 is 0 Å². The van der Waals surface area contributed by atoms with Crippen LogP contribution in [0.2, 0.25) is 0 Å². The van der Waals surface area contributed by atoms with Gasteiger partial charge in [0, 0.05) is 6.61 Å². The molecule has 2 heterocycles. The molecule has 3 rings (SSSR count). The zero-order valence-electron chi connectivity index (χ0n) is 11.2. The van der Waals surface area contributed by atoms with Crippen LogP contribution in [-0.4, -0.2) is 38.2 Å². The van der Waals surface area contributed by atoms with Crippen LogP contribution in [0.1, 0.15) is 6.92 Å². The van der Waals surface area contributed by atoms with Crippen molar-refractivity contribution in [2.75, 3.05) is 13.2 Å². The Morgan fingerprint density at radius 3 is 2.85 bits per heavy atom. The summed E-state index contributed by atoms with van der Waals surface area (Å²) in [5, 5.41) is 8.19. The summed E-state index contributed by atoms with van der Waals surface area (Å²) in [6.45, 7) is 3.99. The molecular formula is C14H15N5O. The third kappa shape index (κ3) is 2.65. The molecule has 0 aliphatic carbocycles. The molecule has 0 bridgehead atoms. The molecule has 0 aliphatic rings. The molecule has 0 saturated heterocycles. The third-order valence-electron chi connectivity index (χ3n) is 2.92. The Labute approximate surface area is 116 Å². The van der Waals surface area contributed by atoms with Crippen LogP contribution in [0.4, 0.5) is 0 Å². The first kappa shape index (κ1) is 12.7. The highest BCUT2D eigenvalue weighted by Crippen LogP contribution is 2.16. The van der Waals surface area contributed by atoms with Crippen molar-refractivity contribution in [3.63, 3.8) is 0 Å². The van der Waals surface area contributed by atoms with E-state index in [1.807, 2.05) is 37.4 Å². The summed E-state index contributed by atoms with van der Waals surface area (Å²) in [5.74, 6) is 0. The average Bonchev–Trinajstić information content (AvgIpc) is 2.96. The van der Waals surface area contributed by atoms with E-state index in [9.17, 15) is 0 Å². The van der Waals surface area contributed by atoms with Gasteiger partial charge in [-0.05, 0) is 19.1 Å². The molecule has 0 saturated carbocycles. The number of fused-ring (bicyclic) bond motifs is 1. The number of ether oxygens (including phenoxy) is 1. The summed E-state index contributed by atoms with van der Waals surface area (Å²) >= 11 is 0. The van der Waals surface area contributed by atoms with Crippen LogP contribution in [0.5, 0.6) is 0 Å². The van der Waals surface area contributed by atoms with Crippen molar-refractivity contribution in [1.29, 1.82) is 0 Å². The molecule has 2 aromatic heterocycles. The molecule has 0 spiro atoms. The molecule has 6 nitrogen and oxygen atoms in total. The minimum atomic E-state index is 0.628. The average molecular weight is 269 g/mol. The molecule has 102 valence electrons. The summed E-state index contributed by atoms with van der Waals surface area (Å²) in [6, 6.07) is 7.76. The van der Waals surface area contributed by atoms with E-state index >= 15 is 0 Å². The SMILES string of the molecule is CCOCCn1cc(-c2cnc3ccccc3n2)nn1. The second kappa shape index (κ2) is 5.75. The van der Waals surface area contributed by atoms with Crippen LogP contribution in [0.15, 0.2) is 36.7 Å². The minimum Gasteiger partial charge on any atom is -0.380 e. The highest BCUT2D eigenvalue weighted by molar-refractivity contribution is 5.76. The van der Waals surface area contributed by atoms with E-state index in [0.29, 0.717) is 19.8 Å². The highest BCUT2D eigenvalue weighted by Gasteiger charge is 2.07. The van der Waals surface area contributed by atoms with Gasteiger partial charge in [0.2, 0.25) is 0 Å². The predicted molar refractivity (Wildman–Crippen MR) is 75.0 cm³/mol. The maximum absolute atomic E-state index is 5.29. The zero-order chi connectivity index (χ0) is 13.8. The summed E-state index contributed by atoms with van der Waals surface area (Å²) < 4.78 is 7.05. The number of hydrogen-bond acceptors (Lipinski definition) is 5. The van der Waals surface area contributed by atoms with Gasteiger partial charge < -0.3 is 4.74 Å². The Bertz CT molecular complexity index is 709. The van der Waals surface area contributed by atoms with E-state index in [-0.39, 0.29) is 0 Å². The first-order valence-corrected chi connectivity index (χ1v) is 6.57. The summed E-state index contributed by atoms with van der Waals surface area (Å²) in [7, 11) is 0. The lowest BCUT2D eigenvalue weighted by Gasteiger charge is -2.00. The van der Waals surface area contributed by atoms with Crippen LogP contribution in [0.3, 0.4) is 0 Å². The van der Waals surface area contributed by atoms with Crippen LogP contribution >= 0.6 is 0 Å². The van der Waals surface area contributed by atoms with Crippen molar-refractivity contribution in [3.8, 4) is 11.4 Å². The Kier molecular flexibility index (Phi) is 3.64. The number of nitrogens with zero attached hydrogens (tertiary/aromatic N) is 5.